The number of fused-ring (bicyclic) bond motifs is 4. The van der Waals surface area contributed by atoms with Crippen LogP contribution in [0.25, 0.3) is 0 Å². The Balaban J connectivity index is 1.40. The third-order valence-corrected chi connectivity index (χ3v) is 7.86. The van der Waals surface area contributed by atoms with Crippen LogP contribution >= 0.6 is 11.6 Å². The van der Waals surface area contributed by atoms with Crippen LogP contribution in [-0.4, -0.2) is 40.3 Å². The lowest BCUT2D eigenvalue weighted by Gasteiger charge is -2.29. The third-order valence-electron chi connectivity index (χ3n) is 7.63. The van der Waals surface area contributed by atoms with E-state index in [1.165, 1.54) is 4.90 Å². The van der Waals surface area contributed by atoms with Crippen LogP contribution in [0.4, 0.5) is 5.69 Å². The van der Waals surface area contributed by atoms with Crippen LogP contribution in [0.2, 0.25) is 5.02 Å². The molecule has 3 aromatic rings. The number of benzene rings is 3. The lowest BCUT2D eigenvalue weighted by molar-refractivity contribution is -0.142. The summed E-state index contributed by atoms with van der Waals surface area (Å²) in [5, 5.41) is 16.4. The van der Waals surface area contributed by atoms with Gasteiger partial charge in [0.1, 0.15) is 11.3 Å². The van der Waals surface area contributed by atoms with Crippen LogP contribution in [0, 0.1) is 11.8 Å². The molecule has 6 rings (SSSR count). The smallest absolute Gasteiger partial charge is 0.250 e. The number of rotatable bonds is 5. The fraction of sp³-hybridized carbons (Fsp3) is 0.250. The first kappa shape index (κ1) is 22.8. The minimum atomic E-state index is -1.39. The van der Waals surface area contributed by atoms with Crippen molar-refractivity contribution < 1.29 is 19.5 Å². The molecule has 7 nitrogen and oxygen atoms in total. The van der Waals surface area contributed by atoms with E-state index in [1.54, 1.807) is 42.5 Å². The average molecular weight is 502 g/mol. The number of phenolic OH excluding ortho intramolecular Hbond substituents is 1. The molecule has 2 fully saturated rings. The second-order valence-corrected chi connectivity index (χ2v) is 10.1. The number of carbonyl (C=O) groups excluding carboxylic acids is 3. The Hall–Kier alpha value is -3.68. The summed E-state index contributed by atoms with van der Waals surface area (Å²) in [6.45, 7) is 0.251. The van der Waals surface area contributed by atoms with Crippen molar-refractivity contribution in [3.8, 4) is 5.75 Å². The zero-order valence-corrected chi connectivity index (χ0v) is 20.0. The third kappa shape index (κ3) is 3.42. The van der Waals surface area contributed by atoms with Crippen LogP contribution in [0.5, 0.6) is 5.75 Å². The average Bonchev–Trinajstić information content (AvgIpc) is 3.44. The van der Waals surface area contributed by atoms with Crippen molar-refractivity contribution >= 4 is 35.0 Å². The van der Waals surface area contributed by atoms with E-state index in [4.69, 9.17) is 11.6 Å². The molecule has 0 unspecified atom stereocenters. The number of likely N-dealkylation sites (tertiary alicyclic amines) is 1. The van der Waals surface area contributed by atoms with Crippen molar-refractivity contribution in [1.82, 2.24) is 10.2 Å². The summed E-state index contributed by atoms with van der Waals surface area (Å²) >= 11 is 6.32. The molecule has 3 aromatic carbocycles. The number of imide groups is 1. The van der Waals surface area contributed by atoms with Crippen molar-refractivity contribution in [1.29, 1.82) is 0 Å². The van der Waals surface area contributed by atoms with Gasteiger partial charge < -0.3 is 10.4 Å². The van der Waals surface area contributed by atoms with Crippen molar-refractivity contribution in [2.24, 2.45) is 11.8 Å². The molecule has 3 amide bonds. The number of nitrogens with zero attached hydrogens (tertiary/aromatic N) is 1. The lowest BCUT2D eigenvalue weighted by atomic mass is 9.76. The predicted molar refractivity (Wildman–Crippen MR) is 134 cm³/mol. The van der Waals surface area contributed by atoms with E-state index in [1.807, 2.05) is 30.3 Å². The van der Waals surface area contributed by atoms with Gasteiger partial charge in [0.2, 0.25) is 17.7 Å². The van der Waals surface area contributed by atoms with Crippen molar-refractivity contribution in [3.63, 3.8) is 0 Å². The fourth-order valence-electron chi connectivity index (χ4n) is 6.00. The van der Waals surface area contributed by atoms with Crippen LogP contribution < -0.4 is 10.6 Å². The van der Waals surface area contributed by atoms with Crippen molar-refractivity contribution in [3.05, 3.63) is 94.5 Å². The highest BCUT2D eigenvalue weighted by atomic mass is 35.5. The quantitative estimate of drug-likeness (QED) is 0.466. The molecule has 3 N–H and O–H groups in total. The zero-order valence-electron chi connectivity index (χ0n) is 19.3. The maximum absolute atomic E-state index is 13.9. The summed E-state index contributed by atoms with van der Waals surface area (Å²) in [6.07, 6.45) is 0.952. The highest BCUT2D eigenvalue weighted by molar-refractivity contribution is 6.31. The Bertz CT molecular complexity index is 1380. The molecule has 0 saturated carbocycles. The lowest BCUT2D eigenvalue weighted by Crippen LogP contribution is -2.53. The molecule has 0 aliphatic carbocycles. The Morgan fingerprint density at radius 1 is 0.917 bits per heavy atom. The minimum Gasteiger partial charge on any atom is -0.508 e. The fourth-order valence-corrected chi connectivity index (χ4v) is 6.17. The zero-order chi connectivity index (χ0) is 25.0. The maximum atomic E-state index is 13.9. The van der Waals surface area contributed by atoms with E-state index in [-0.39, 0.29) is 30.0 Å². The number of phenols is 1. The normalized spacial score (nSPS) is 26.4. The first-order valence-corrected chi connectivity index (χ1v) is 12.3. The highest BCUT2D eigenvalue weighted by Crippen LogP contribution is 2.53. The number of anilines is 1. The van der Waals surface area contributed by atoms with Gasteiger partial charge in [-0.3, -0.25) is 24.6 Å². The van der Waals surface area contributed by atoms with Gasteiger partial charge >= 0.3 is 0 Å². The molecule has 0 radical (unpaired) electrons. The Labute approximate surface area is 213 Å². The molecule has 36 heavy (non-hydrogen) atoms. The number of halogens is 1. The second kappa shape index (κ2) is 8.47. The van der Waals surface area contributed by atoms with Crippen molar-refractivity contribution in [2.45, 2.75) is 24.4 Å². The van der Waals surface area contributed by atoms with Gasteiger partial charge in [-0.25, -0.2) is 0 Å². The number of hydrogen-bond donors (Lipinski definition) is 3. The van der Waals surface area contributed by atoms with E-state index >= 15 is 0 Å². The molecular weight excluding hydrogens is 478 g/mol. The predicted octanol–water partition coefficient (Wildman–Crippen LogP) is 3.25. The standard InChI is InChI=1S/C28H24ClN3O4/c29-18-8-11-21-20(15-18)28(27(36)30-21)24-23(22(31-28)14-17-6-9-19(33)10-7-17)25(34)32(26(24)35)13-12-16-4-2-1-3-5-16/h1-11,15,22-24,31,33H,12-14H2,(H,30,36)/t22-,23-,24-,28-/m0/s1. The molecule has 3 aliphatic rings. The molecule has 182 valence electrons. The Morgan fingerprint density at radius 3 is 2.42 bits per heavy atom. The van der Waals surface area contributed by atoms with Gasteiger partial charge in [-0.05, 0) is 54.3 Å². The molecular formula is C28H24ClN3O4. The summed E-state index contributed by atoms with van der Waals surface area (Å²) in [6, 6.07) is 21.1. The number of carbonyl (C=O) groups is 3. The van der Waals surface area contributed by atoms with E-state index < -0.39 is 23.4 Å². The topological polar surface area (TPSA) is 98.7 Å². The minimum absolute atomic E-state index is 0.144. The molecule has 4 atom stereocenters. The molecule has 0 bridgehead atoms. The summed E-state index contributed by atoms with van der Waals surface area (Å²) in [7, 11) is 0. The highest BCUT2D eigenvalue weighted by Gasteiger charge is 2.70. The van der Waals surface area contributed by atoms with Gasteiger partial charge in [0.15, 0.2) is 0 Å². The first-order valence-electron chi connectivity index (χ1n) is 11.9. The summed E-state index contributed by atoms with van der Waals surface area (Å²) in [5.41, 5.74) is 1.70. The van der Waals surface area contributed by atoms with E-state index in [0.29, 0.717) is 29.1 Å². The molecule has 0 aromatic heterocycles. The molecule has 3 heterocycles. The van der Waals surface area contributed by atoms with Gasteiger partial charge in [-0.1, -0.05) is 54.1 Å². The number of amides is 3. The monoisotopic (exact) mass is 501 g/mol. The van der Waals surface area contributed by atoms with Gasteiger partial charge in [-0.2, -0.15) is 0 Å². The molecule has 1 spiro atoms. The first-order chi connectivity index (χ1) is 17.4. The van der Waals surface area contributed by atoms with Gasteiger partial charge in [-0.15, -0.1) is 0 Å². The number of nitrogens with one attached hydrogen (secondary N) is 2. The summed E-state index contributed by atoms with van der Waals surface area (Å²) < 4.78 is 0. The largest absolute Gasteiger partial charge is 0.508 e. The number of aromatic hydroxyl groups is 1. The second-order valence-electron chi connectivity index (χ2n) is 9.64. The summed E-state index contributed by atoms with van der Waals surface area (Å²) in [4.78, 5) is 42.5. The van der Waals surface area contributed by atoms with Crippen LogP contribution in [0.3, 0.4) is 0 Å². The molecule has 3 aliphatic heterocycles. The maximum Gasteiger partial charge on any atom is 0.250 e. The Kier molecular flexibility index (Phi) is 5.35. The van der Waals surface area contributed by atoms with Gasteiger partial charge in [0.25, 0.3) is 0 Å². The van der Waals surface area contributed by atoms with E-state index in [0.717, 1.165) is 11.1 Å². The molecule has 2 saturated heterocycles. The number of hydrogen-bond acceptors (Lipinski definition) is 5. The van der Waals surface area contributed by atoms with E-state index in [2.05, 4.69) is 10.6 Å². The van der Waals surface area contributed by atoms with E-state index in [9.17, 15) is 19.5 Å². The van der Waals surface area contributed by atoms with Gasteiger partial charge in [0.05, 0.1) is 11.8 Å². The van der Waals surface area contributed by atoms with Crippen molar-refractivity contribution in [2.75, 3.05) is 11.9 Å². The Morgan fingerprint density at radius 2 is 1.67 bits per heavy atom. The van der Waals surface area contributed by atoms with Crippen LogP contribution in [0.1, 0.15) is 16.7 Å². The summed E-state index contributed by atoms with van der Waals surface area (Å²) in [5.74, 6) is -2.42. The SMILES string of the molecule is O=C1[C@H]2[C@H](Cc3ccc(O)cc3)N[C@]3(C(=O)Nc4ccc(Cl)cc43)[C@@H]2C(=O)N1CCc1ccccc1. The van der Waals surface area contributed by atoms with Gasteiger partial charge in [0, 0.05) is 28.9 Å². The van der Waals surface area contributed by atoms with Crippen LogP contribution in [-0.2, 0) is 32.8 Å². The van der Waals surface area contributed by atoms with Crippen LogP contribution in [0.15, 0.2) is 72.8 Å². The molecule has 8 heteroatoms.